The van der Waals surface area contributed by atoms with Crippen molar-refractivity contribution in [3.8, 4) is 17.3 Å². The molecule has 0 radical (unpaired) electrons. The van der Waals surface area contributed by atoms with E-state index in [4.69, 9.17) is 5.26 Å². The van der Waals surface area contributed by atoms with Gasteiger partial charge in [-0.25, -0.2) is 15.0 Å². The topological polar surface area (TPSA) is 108 Å². The number of hydrogen-bond acceptors (Lipinski definition) is 7. The molecular weight excluding hydrogens is 435 g/mol. The molecule has 0 bridgehead atoms. The van der Waals surface area contributed by atoms with Crippen LogP contribution in [-0.4, -0.2) is 38.7 Å². The molecule has 33 heavy (non-hydrogen) atoms. The number of nitrogens with zero attached hydrogens (tertiary/aromatic N) is 5. The van der Waals surface area contributed by atoms with Crippen molar-refractivity contribution >= 4 is 23.7 Å². The van der Waals surface area contributed by atoms with Crippen LogP contribution in [0, 0.1) is 11.3 Å². The lowest BCUT2D eigenvalue weighted by atomic mass is 10.1. The van der Waals surface area contributed by atoms with Crippen molar-refractivity contribution in [2.45, 2.75) is 6.18 Å². The van der Waals surface area contributed by atoms with E-state index >= 15 is 0 Å². The molecule has 2 N–H and O–H groups in total. The van der Waals surface area contributed by atoms with E-state index in [0.717, 1.165) is 12.1 Å². The number of alkyl halides is 3. The first-order chi connectivity index (χ1) is 15.9. The number of aromatic nitrogens is 4. The highest BCUT2D eigenvalue weighted by atomic mass is 19.4. The lowest BCUT2D eigenvalue weighted by molar-refractivity contribution is -0.137. The van der Waals surface area contributed by atoms with Crippen molar-refractivity contribution in [1.29, 1.82) is 5.26 Å². The van der Waals surface area contributed by atoms with E-state index in [1.54, 1.807) is 22.6 Å². The number of pyridine rings is 1. The van der Waals surface area contributed by atoms with Crippen LogP contribution in [-0.2, 0) is 6.18 Å². The minimum absolute atomic E-state index is 0.198. The van der Waals surface area contributed by atoms with Gasteiger partial charge >= 0.3 is 6.18 Å². The molecule has 166 valence electrons. The maximum absolute atomic E-state index is 12.9. The van der Waals surface area contributed by atoms with E-state index in [-0.39, 0.29) is 5.69 Å². The number of carbonyl (C=O) groups is 1. The van der Waals surface area contributed by atoms with Crippen molar-refractivity contribution in [1.82, 2.24) is 19.4 Å². The van der Waals surface area contributed by atoms with Gasteiger partial charge in [0.1, 0.15) is 23.2 Å². The molecule has 11 heteroatoms. The van der Waals surface area contributed by atoms with Crippen molar-refractivity contribution in [3.05, 3.63) is 71.7 Å². The second-order valence-electron chi connectivity index (χ2n) is 6.95. The number of hydrogen-bond donors (Lipinski definition) is 2. The third-order valence-corrected chi connectivity index (χ3v) is 4.71. The number of anilines is 2. The number of nitriles is 1. The molecule has 0 aliphatic carbocycles. The molecule has 0 amide bonds. The minimum atomic E-state index is -4.43. The lowest BCUT2D eigenvalue weighted by Crippen LogP contribution is -2.17. The highest BCUT2D eigenvalue weighted by molar-refractivity contribution is 5.75. The van der Waals surface area contributed by atoms with Gasteiger partial charge in [0.25, 0.3) is 0 Å². The van der Waals surface area contributed by atoms with Gasteiger partial charge in [-0.2, -0.15) is 18.4 Å². The van der Waals surface area contributed by atoms with Crippen molar-refractivity contribution in [3.63, 3.8) is 0 Å². The smallest absolute Gasteiger partial charge is 0.368 e. The third kappa shape index (κ3) is 4.90. The third-order valence-electron chi connectivity index (χ3n) is 4.71. The maximum Gasteiger partial charge on any atom is 0.416 e. The summed E-state index contributed by atoms with van der Waals surface area (Å²) in [5, 5.41) is 15.1. The number of imidazole rings is 1. The zero-order valence-electron chi connectivity index (χ0n) is 17.0. The van der Waals surface area contributed by atoms with Crippen molar-refractivity contribution in [2.24, 2.45) is 0 Å². The highest BCUT2D eigenvalue weighted by Gasteiger charge is 2.30. The zero-order chi connectivity index (χ0) is 23.4. The van der Waals surface area contributed by atoms with Gasteiger partial charge in [-0.3, -0.25) is 9.20 Å². The summed E-state index contributed by atoms with van der Waals surface area (Å²) in [5.74, 6) is 0.968. The van der Waals surface area contributed by atoms with Crippen molar-refractivity contribution < 1.29 is 18.0 Å². The maximum atomic E-state index is 12.9. The zero-order valence-corrected chi connectivity index (χ0v) is 17.0. The van der Waals surface area contributed by atoms with Crippen LogP contribution in [0.25, 0.3) is 16.9 Å². The van der Waals surface area contributed by atoms with Crippen LogP contribution < -0.4 is 10.6 Å². The Morgan fingerprint density at radius 2 is 1.82 bits per heavy atom. The molecule has 0 saturated heterocycles. The second kappa shape index (κ2) is 8.96. The Balaban J connectivity index is 1.55. The van der Waals surface area contributed by atoms with E-state index < -0.39 is 11.7 Å². The molecule has 4 rings (SSSR count). The summed E-state index contributed by atoms with van der Waals surface area (Å²) in [6, 6.07) is 11.6. The van der Waals surface area contributed by atoms with Crippen LogP contribution in [0.5, 0.6) is 0 Å². The molecule has 0 unspecified atom stereocenters. The minimum Gasteiger partial charge on any atom is -0.368 e. The number of carbonyl (C=O) groups excluding carboxylic acids is 1. The normalized spacial score (nSPS) is 11.2. The van der Waals surface area contributed by atoms with Gasteiger partial charge in [0, 0.05) is 37.1 Å². The van der Waals surface area contributed by atoms with Crippen LogP contribution in [0.15, 0.2) is 54.9 Å². The number of fused-ring (bicyclic) bond motifs is 1. The van der Waals surface area contributed by atoms with E-state index in [0.29, 0.717) is 53.6 Å². The first-order valence-electron chi connectivity index (χ1n) is 9.74. The van der Waals surface area contributed by atoms with Crippen LogP contribution in [0.2, 0.25) is 0 Å². The molecule has 0 fully saturated rings. The molecule has 0 aliphatic heterocycles. The Morgan fingerprint density at radius 3 is 2.45 bits per heavy atom. The van der Waals surface area contributed by atoms with Gasteiger partial charge in [-0.15, -0.1) is 0 Å². The Labute approximate surface area is 185 Å². The molecule has 4 aromatic rings. The molecule has 3 aromatic heterocycles. The first kappa shape index (κ1) is 21.8. The fourth-order valence-corrected chi connectivity index (χ4v) is 3.10. The number of aldehydes is 1. The summed E-state index contributed by atoms with van der Waals surface area (Å²) < 4.78 is 40.2. The standard InChI is InChI=1S/C22H16F3N7O/c23-22(24,25)16-4-2-15(3-5-16)18-9-20-30-17(13-33)12-32(20)21(31-18)28-8-7-27-19-6-1-14(10-26)11-29-19/h1-6,9,11-13H,7-8H2,(H,27,29)(H,28,31). The fraction of sp³-hybridized carbons (Fsp3) is 0.136. The molecule has 3 heterocycles. The molecule has 0 atom stereocenters. The van der Waals surface area contributed by atoms with Crippen LogP contribution >= 0.6 is 0 Å². The molecule has 8 nitrogen and oxygen atoms in total. The SMILES string of the molecule is N#Cc1ccc(NCCNc2nc(-c3ccc(C(F)(F)F)cc3)cc3nc(C=O)cn23)nc1. The molecule has 0 saturated carbocycles. The summed E-state index contributed by atoms with van der Waals surface area (Å²) >= 11 is 0. The summed E-state index contributed by atoms with van der Waals surface area (Å²) in [5.41, 5.74) is 1.21. The number of benzene rings is 1. The average molecular weight is 451 g/mol. The van der Waals surface area contributed by atoms with Gasteiger partial charge in [-0.1, -0.05) is 12.1 Å². The average Bonchev–Trinajstić information content (AvgIpc) is 3.25. The number of rotatable bonds is 7. The molecular formula is C22H16F3N7O. The van der Waals surface area contributed by atoms with Gasteiger partial charge in [0.2, 0.25) is 5.95 Å². The predicted molar refractivity (Wildman–Crippen MR) is 115 cm³/mol. The van der Waals surface area contributed by atoms with E-state index in [2.05, 4.69) is 25.6 Å². The fourth-order valence-electron chi connectivity index (χ4n) is 3.10. The van der Waals surface area contributed by atoms with Crippen LogP contribution in [0.4, 0.5) is 24.9 Å². The Morgan fingerprint density at radius 1 is 1.06 bits per heavy atom. The number of halogens is 3. The lowest BCUT2D eigenvalue weighted by Gasteiger charge is -2.12. The van der Waals surface area contributed by atoms with Gasteiger partial charge in [-0.05, 0) is 24.3 Å². The van der Waals surface area contributed by atoms with Gasteiger partial charge in [0.15, 0.2) is 6.29 Å². The number of nitrogens with one attached hydrogen (secondary N) is 2. The Hall–Kier alpha value is -4.46. The summed E-state index contributed by atoms with van der Waals surface area (Å²) in [6.07, 6.45) is -0.849. The van der Waals surface area contributed by atoms with E-state index in [1.807, 2.05) is 6.07 Å². The van der Waals surface area contributed by atoms with Crippen molar-refractivity contribution in [2.75, 3.05) is 23.7 Å². The Bertz CT molecular complexity index is 1320. The molecule has 0 aliphatic rings. The van der Waals surface area contributed by atoms with Gasteiger partial charge in [0.05, 0.1) is 16.8 Å². The predicted octanol–water partition coefficient (Wildman–Crippen LogP) is 4.02. The first-order valence-corrected chi connectivity index (χ1v) is 9.74. The monoisotopic (exact) mass is 451 g/mol. The summed E-state index contributed by atoms with van der Waals surface area (Å²) in [6.45, 7) is 0.872. The molecule has 1 aromatic carbocycles. The van der Waals surface area contributed by atoms with E-state index in [1.165, 1.54) is 24.5 Å². The summed E-state index contributed by atoms with van der Waals surface area (Å²) in [4.78, 5) is 24.0. The van der Waals surface area contributed by atoms with Gasteiger partial charge < -0.3 is 10.6 Å². The quantitative estimate of drug-likeness (QED) is 0.323. The summed E-state index contributed by atoms with van der Waals surface area (Å²) in [7, 11) is 0. The van der Waals surface area contributed by atoms with Crippen LogP contribution in [0.3, 0.4) is 0 Å². The van der Waals surface area contributed by atoms with Crippen LogP contribution in [0.1, 0.15) is 21.6 Å². The Kier molecular flexibility index (Phi) is 5.91. The van der Waals surface area contributed by atoms with E-state index in [9.17, 15) is 18.0 Å². The second-order valence-corrected chi connectivity index (χ2v) is 6.95. The molecule has 0 spiro atoms. The highest BCUT2D eigenvalue weighted by Crippen LogP contribution is 2.31. The largest absolute Gasteiger partial charge is 0.416 e.